The summed E-state index contributed by atoms with van der Waals surface area (Å²) in [6.45, 7) is 3.82. The largest absolute Gasteiger partial charge is 0.480 e. The van der Waals surface area contributed by atoms with E-state index in [0.717, 1.165) is 57.6 Å². The number of likely N-dealkylation sites (tertiary alicyclic amines) is 2. The highest BCUT2D eigenvalue weighted by atomic mass is 19.3. The second-order valence-electron chi connectivity index (χ2n) is 14.8. The Morgan fingerprint density at radius 2 is 1.51 bits per heavy atom. The predicted octanol–water partition coefficient (Wildman–Crippen LogP) is 9.37. The first kappa shape index (κ1) is 33.7. The van der Waals surface area contributed by atoms with Crippen molar-refractivity contribution in [1.29, 1.82) is 0 Å². The van der Waals surface area contributed by atoms with Crippen molar-refractivity contribution in [1.82, 2.24) is 19.8 Å². The Balaban J connectivity index is 1.02. The van der Waals surface area contributed by atoms with Crippen LogP contribution in [0.3, 0.4) is 0 Å². The number of nitrogens with zero attached hydrogens (tertiary/aromatic N) is 4. The van der Waals surface area contributed by atoms with Crippen molar-refractivity contribution >= 4 is 28.2 Å². The first-order valence-corrected chi connectivity index (χ1v) is 18.4. The van der Waals surface area contributed by atoms with Crippen LogP contribution in [0, 0.1) is 13.8 Å². The average molecular weight is 719 g/mol. The Morgan fingerprint density at radius 1 is 0.849 bits per heavy atom. The third kappa shape index (κ3) is 5.96. The van der Waals surface area contributed by atoms with E-state index in [9.17, 15) is 18.7 Å². The lowest BCUT2D eigenvalue weighted by molar-refractivity contribution is -0.142. The Kier molecular flexibility index (Phi) is 8.31. The molecule has 11 heteroatoms. The molecule has 2 saturated heterocycles. The van der Waals surface area contributed by atoms with Crippen LogP contribution < -0.4 is 4.74 Å². The fraction of sp³-hybridized carbons (Fsp3) is 0.357. The van der Waals surface area contributed by atoms with Gasteiger partial charge in [-0.05, 0) is 117 Å². The van der Waals surface area contributed by atoms with Crippen LogP contribution in [0.15, 0.2) is 75.6 Å². The number of hydrogen-bond donors (Lipinski definition) is 1. The molecule has 1 saturated carbocycles. The Labute approximate surface area is 305 Å². The Bertz CT molecular complexity index is 2380. The summed E-state index contributed by atoms with van der Waals surface area (Å²) in [5.74, 6) is -0.0710. The van der Waals surface area contributed by atoms with Crippen LogP contribution in [0.1, 0.15) is 60.8 Å². The van der Waals surface area contributed by atoms with Gasteiger partial charge >= 0.3 is 12.6 Å². The van der Waals surface area contributed by atoms with Gasteiger partial charge in [0.1, 0.15) is 22.8 Å². The van der Waals surface area contributed by atoms with E-state index in [1.807, 2.05) is 37.3 Å². The van der Waals surface area contributed by atoms with Gasteiger partial charge in [-0.25, -0.2) is 9.97 Å². The van der Waals surface area contributed by atoms with E-state index in [1.54, 1.807) is 11.0 Å². The highest BCUT2D eigenvalue weighted by Crippen LogP contribution is 2.48. The lowest BCUT2D eigenvalue weighted by Crippen LogP contribution is -2.62. The molecule has 1 spiro atoms. The van der Waals surface area contributed by atoms with E-state index in [2.05, 4.69) is 36.1 Å². The molecule has 0 unspecified atom stereocenters. The normalized spacial score (nSPS) is 18.6. The highest BCUT2D eigenvalue weighted by molar-refractivity contribution is 5.85. The Hall–Kier alpha value is -5.13. The lowest BCUT2D eigenvalue weighted by Gasteiger charge is -2.59. The highest BCUT2D eigenvalue weighted by Gasteiger charge is 2.48. The number of carboxylic acids is 1. The van der Waals surface area contributed by atoms with Gasteiger partial charge in [0.2, 0.25) is 11.8 Å². The number of aliphatic carboxylic acids is 1. The minimum Gasteiger partial charge on any atom is -0.480 e. The fourth-order valence-electron chi connectivity index (χ4n) is 8.67. The number of benzene rings is 4. The van der Waals surface area contributed by atoms with Crippen LogP contribution in [0.25, 0.3) is 56.2 Å². The maximum Gasteiger partial charge on any atom is 0.387 e. The SMILES string of the molecule is Cc1c(-c2nc3cc(CN4CCC45CCC5)ccc3o2)cccc1-c1cccc(-c2nc3cc(CN4CCC[C@H]4C(=O)O)c(OC(F)F)cc3o2)c1C. The molecule has 4 aromatic carbocycles. The summed E-state index contributed by atoms with van der Waals surface area (Å²) in [4.78, 5) is 25.9. The summed E-state index contributed by atoms with van der Waals surface area (Å²) < 4.78 is 44.4. The monoisotopic (exact) mass is 718 g/mol. The van der Waals surface area contributed by atoms with Gasteiger partial charge in [-0.3, -0.25) is 14.6 Å². The molecule has 0 bridgehead atoms. The molecular formula is C42H40F2N4O5. The topological polar surface area (TPSA) is 105 Å². The van der Waals surface area contributed by atoms with Crippen molar-refractivity contribution in [3.05, 3.63) is 89.0 Å². The van der Waals surface area contributed by atoms with Gasteiger partial charge in [-0.1, -0.05) is 30.3 Å². The number of rotatable bonds is 10. The molecule has 3 fully saturated rings. The number of hydrogen-bond acceptors (Lipinski definition) is 8. The zero-order valence-electron chi connectivity index (χ0n) is 29.7. The summed E-state index contributed by atoms with van der Waals surface area (Å²) in [7, 11) is 0. The summed E-state index contributed by atoms with van der Waals surface area (Å²) in [5.41, 5.74) is 10.1. The maximum absolute atomic E-state index is 13.5. The number of fused-ring (bicyclic) bond motifs is 2. The van der Waals surface area contributed by atoms with E-state index in [0.29, 0.717) is 53.4 Å². The van der Waals surface area contributed by atoms with Gasteiger partial charge < -0.3 is 18.7 Å². The minimum absolute atomic E-state index is 0.0576. The average Bonchev–Trinajstić information content (AvgIpc) is 3.84. The van der Waals surface area contributed by atoms with Crippen LogP contribution in [0.5, 0.6) is 5.75 Å². The molecular weight excluding hydrogens is 678 g/mol. The quantitative estimate of drug-likeness (QED) is 0.148. The second kappa shape index (κ2) is 13.1. The summed E-state index contributed by atoms with van der Waals surface area (Å²) in [5, 5.41) is 9.66. The molecule has 0 radical (unpaired) electrons. The fourth-order valence-corrected chi connectivity index (χ4v) is 8.67. The van der Waals surface area contributed by atoms with E-state index in [-0.39, 0.29) is 12.3 Å². The standard InChI is InChI=1S/C42H40F2N4O5/c1-24-28(7-3-9-30(24)38-45-32-19-26(12-13-35(32)51-38)22-48-18-16-42(48)14-6-15-42)29-8-4-10-31(25(29)2)39-46-33-20-27(23-47-17-5-11-34(47)40(49)50)36(53-41(43)44)21-37(33)52-39/h3-4,7-10,12-13,19-21,34,41H,5-6,11,14-18,22-23H2,1-2H3,(H,49,50)/t34-/m0/s1. The maximum atomic E-state index is 13.5. The molecule has 6 aromatic rings. The summed E-state index contributed by atoms with van der Waals surface area (Å²) in [6, 6.07) is 20.8. The van der Waals surface area contributed by atoms with Gasteiger partial charge in [0.15, 0.2) is 11.2 Å². The number of carboxylic acid groups (broad SMARTS) is 1. The molecule has 3 aliphatic rings. The molecule has 0 amide bonds. The molecule has 2 aliphatic heterocycles. The van der Waals surface area contributed by atoms with Crippen LogP contribution in [0.2, 0.25) is 0 Å². The van der Waals surface area contributed by atoms with Crippen molar-refractivity contribution in [2.45, 2.75) is 83.7 Å². The Morgan fingerprint density at radius 3 is 2.11 bits per heavy atom. The number of ether oxygens (including phenoxy) is 1. The third-order valence-corrected chi connectivity index (χ3v) is 11.9. The minimum atomic E-state index is -3.05. The zero-order chi connectivity index (χ0) is 36.4. The molecule has 1 N–H and O–H groups in total. The molecule has 4 heterocycles. The summed E-state index contributed by atoms with van der Waals surface area (Å²) >= 11 is 0. The van der Waals surface area contributed by atoms with Gasteiger partial charge in [0.25, 0.3) is 0 Å². The molecule has 53 heavy (non-hydrogen) atoms. The predicted molar refractivity (Wildman–Crippen MR) is 197 cm³/mol. The smallest absolute Gasteiger partial charge is 0.387 e. The molecule has 1 atom stereocenters. The van der Waals surface area contributed by atoms with Crippen LogP contribution in [0.4, 0.5) is 8.78 Å². The van der Waals surface area contributed by atoms with Crippen LogP contribution in [-0.2, 0) is 17.9 Å². The molecule has 272 valence electrons. The summed E-state index contributed by atoms with van der Waals surface area (Å²) in [6.07, 6.45) is 6.49. The van der Waals surface area contributed by atoms with Crippen molar-refractivity contribution in [3.8, 4) is 39.8 Å². The van der Waals surface area contributed by atoms with E-state index in [1.165, 1.54) is 37.3 Å². The molecule has 1 aliphatic carbocycles. The number of aromatic nitrogens is 2. The van der Waals surface area contributed by atoms with Gasteiger partial charge in [0, 0.05) is 47.9 Å². The van der Waals surface area contributed by atoms with E-state index >= 15 is 0 Å². The lowest BCUT2D eigenvalue weighted by atomic mass is 9.68. The van der Waals surface area contributed by atoms with E-state index in [4.69, 9.17) is 23.5 Å². The van der Waals surface area contributed by atoms with Crippen molar-refractivity contribution in [2.75, 3.05) is 13.1 Å². The number of oxazole rings is 2. The van der Waals surface area contributed by atoms with Crippen LogP contribution >= 0.6 is 0 Å². The van der Waals surface area contributed by atoms with Crippen molar-refractivity contribution in [3.63, 3.8) is 0 Å². The molecule has 9 rings (SSSR count). The first-order valence-electron chi connectivity index (χ1n) is 18.4. The third-order valence-electron chi connectivity index (χ3n) is 11.9. The van der Waals surface area contributed by atoms with Gasteiger partial charge in [-0.2, -0.15) is 8.78 Å². The molecule has 2 aromatic heterocycles. The first-order chi connectivity index (χ1) is 25.7. The van der Waals surface area contributed by atoms with Crippen molar-refractivity contribution < 1.29 is 32.3 Å². The number of carbonyl (C=O) groups is 1. The van der Waals surface area contributed by atoms with Gasteiger partial charge in [-0.15, -0.1) is 0 Å². The van der Waals surface area contributed by atoms with Crippen LogP contribution in [-0.4, -0.2) is 62.1 Å². The number of halogens is 2. The molecule has 9 nitrogen and oxygen atoms in total. The zero-order valence-corrected chi connectivity index (χ0v) is 29.7. The number of alkyl halides is 2. The van der Waals surface area contributed by atoms with E-state index < -0.39 is 18.6 Å². The second-order valence-corrected chi connectivity index (χ2v) is 14.8. The van der Waals surface area contributed by atoms with Crippen molar-refractivity contribution in [2.24, 2.45) is 0 Å². The van der Waals surface area contributed by atoms with Gasteiger partial charge in [0.05, 0.1) is 0 Å².